The lowest BCUT2D eigenvalue weighted by molar-refractivity contribution is -0.126. The first-order valence-electron chi connectivity index (χ1n) is 11.8. The number of hydrogen-bond donors (Lipinski definition) is 1. The number of piperidine rings is 1. The molecule has 4 aromatic rings. The number of nitrogens with zero attached hydrogens (tertiary/aromatic N) is 2. The second-order valence-electron chi connectivity index (χ2n) is 8.94. The molecule has 2 amide bonds. The SMILES string of the molecule is COc1cccc(Cn2c(C(=O)N3CCC(C(=O)NCc4ccc(C)o4)CC3)cc3ccsc32)c1. The molecule has 0 spiro atoms. The molecule has 7 nitrogen and oxygen atoms in total. The lowest BCUT2D eigenvalue weighted by Gasteiger charge is -2.31. The fraction of sp³-hybridized carbons (Fsp3) is 0.333. The van der Waals surface area contributed by atoms with Crippen LogP contribution in [0.25, 0.3) is 10.2 Å². The Kier molecular flexibility index (Phi) is 6.63. The number of carbonyl (C=O) groups is 2. The Labute approximate surface area is 208 Å². The van der Waals surface area contributed by atoms with E-state index in [0.717, 1.165) is 33.1 Å². The normalized spacial score (nSPS) is 14.4. The van der Waals surface area contributed by atoms with E-state index in [4.69, 9.17) is 9.15 Å². The van der Waals surface area contributed by atoms with Gasteiger partial charge in [-0.1, -0.05) is 12.1 Å². The van der Waals surface area contributed by atoms with Crippen LogP contribution in [0.1, 0.15) is 40.4 Å². The summed E-state index contributed by atoms with van der Waals surface area (Å²) in [6, 6.07) is 15.7. The topological polar surface area (TPSA) is 76.7 Å². The summed E-state index contributed by atoms with van der Waals surface area (Å²) in [6.07, 6.45) is 1.30. The maximum Gasteiger partial charge on any atom is 0.270 e. The molecule has 8 heteroatoms. The van der Waals surface area contributed by atoms with E-state index in [1.165, 1.54) is 0 Å². The molecular formula is C27H29N3O4S. The van der Waals surface area contributed by atoms with Gasteiger partial charge in [-0.25, -0.2) is 0 Å². The third-order valence-electron chi connectivity index (χ3n) is 6.58. The van der Waals surface area contributed by atoms with Gasteiger partial charge in [0, 0.05) is 30.9 Å². The van der Waals surface area contributed by atoms with Gasteiger partial charge in [0.25, 0.3) is 5.91 Å². The summed E-state index contributed by atoms with van der Waals surface area (Å²) in [5.41, 5.74) is 1.76. The standard InChI is InChI=1S/C27H29N3O4S/c1-18-6-7-23(34-18)16-28-25(31)20-8-11-29(12-9-20)26(32)24-15-21-10-13-35-27(21)30(24)17-19-4-3-5-22(14-19)33-2/h3-7,10,13-15,20H,8-9,11-12,16-17H2,1-2H3,(H,28,31). The van der Waals surface area contributed by atoms with E-state index in [0.29, 0.717) is 44.7 Å². The van der Waals surface area contributed by atoms with E-state index in [1.807, 2.05) is 54.3 Å². The summed E-state index contributed by atoms with van der Waals surface area (Å²) in [5, 5.41) is 6.09. The highest BCUT2D eigenvalue weighted by molar-refractivity contribution is 7.16. The lowest BCUT2D eigenvalue weighted by atomic mass is 9.95. The van der Waals surface area contributed by atoms with Crippen LogP contribution in [0.5, 0.6) is 5.75 Å². The number of rotatable bonds is 7. The van der Waals surface area contributed by atoms with Crippen LogP contribution in [-0.2, 0) is 17.9 Å². The number of likely N-dealkylation sites (tertiary alicyclic amines) is 1. The predicted octanol–water partition coefficient (Wildman–Crippen LogP) is 4.83. The average molecular weight is 492 g/mol. The predicted molar refractivity (Wildman–Crippen MR) is 136 cm³/mol. The number of aryl methyl sites for hydroxylation is 1. The van der Waals surface area contributed by atoms with Gasteiger partial charge in [0.15, 0.2) is 0 Å². The molecule has 0 aliphatic carbocycles. The minimum atomic E-state index is -0.0952. The van der Waals surface area contributed by atoms with Gasteiger partial charge in [0.1, 0.15) is 27.8 Å². The zero-order chi connectivity index (χ0) is 24.4. The van der Waals surface area contributed by atoms with E-state index in [-0.39, 0.29) is 17.7 Å². The second-order valence-corrected chi connectivity index (χ2v) is 9.84. The molecule has 1 aromatic carbocycles. The number of fused-ring (bicyclic) bond motifs is 1. The molecule has 182 valence electrons. The van der Waals surface area contributed by atoms with Crippen molar-refractivity contribution in [1.82, 2.24) is 14.8 Å². The molecule has 0 atom stereocenters. The monoisotopic (exact) mass is 491 g/mol. The van der Waals surface area contributed by atoms with Crippen LogP contribution in [0.4, 0.5) is 0 Å². The largest absolute Gasteiger partial charge is 0.497 e. The molecular weight excluding hydrogens is 462 g/mol. The molecule has 0 bridgehead atoms. The molecule has 35 heavy (non-hydrogen) atoms. The van der Waals surface area contributed by atoms with Crippen LogP contribution in [-0.4, -0.2) is 41.5 Å². The number of ether oxygens (including phenoxy) is 1. The summed E-state index contributed by atoms with van der Waals surface area (Å²) < 4.78 is 13.0. The van der Waals surface area contributed by atoms with Gasteiger partial charge in [-0.05, 0) is 67.1 Å². The second kappa shape index (κ2) is 10.00. The highest BCUT2D eigenvalue weighted by atomic mass is 32.1. The highest BCUT2D eigenvalue weighted by Crippen LogP contribution is 2.29. The highest BCUT2D eigenvalue weighted by Gasteiger charge is 2.29. The Hall–Kier alpha value is -3.52. The first-order valence-corrected chi connectivity index (χ1v) is 12.7. The van der Waals surface area contributed by atoms with Gasteiger partial charge >= 0.3 is 0 Å². The molecule has 0 radical (unpaired) electrons. The van der Waals surface area contributed by atoms with Gasteiger partial charge in [0.2, 0.25) is 5.91 Å². The Balaban J connectivity index is 1.25. The number of nitrogens with one attached hydrogen (secondary N) is 1. The Bertz CT molecular complexity index is 1340. The molecule has 1 aliphatic heterocycles. The zero-order valence-electron chi connectivity index (χ0n) is 20.0. The molecule has 5 rings (SSSR count). The number of thiophene rings is 1. The average Bonchev–Trinajstić information content (AvgIpc) is 3.60. The Morgan fingerprint density at radius 1 is 1.14 bits per heavy atom. The summed E-state index contributed by atoms with van der Waals surface area (Å²) in [4.78, 5) is 29.2. The zero-order valence-corrected chi connectivity index (χ0v) is 20.8. The van der Waals surface area contributed by atoms with Gasteiger partial charge < -0.3 is 23.9 Å². The van der Waals surface area contributed by atoms with E-state index < -0.39 is 0 Å². The maximum absolute atomic E-state index is 13.6. The minimum absolute atomic E-state index is 0.0150. The summed E-state index contributed by atoms with van der Waals surface area (Å²) in [7, 11) is 1.66. The van der Waals surface area contributed by atoms with Crippen LogP contribution in [0.3, 0.4) is 0 Å². The Morgan fingerprint density at radius 3 is 2.71 bits per heavy atom. The van der Waals surface area contributed by atoms with Gasteiger partial charge in [-0.3, -0.25) is 9.59 Å². The van der Waals surface area contributed by atoms with Gasteiger partial charge in [-0.2, -0.15) is 0 Å². The number of methoxy groups -OCH3 is 1. The molecule has 0 saturated carbocycles. The van der Waals surface area contributed by atoms with Crippen molar-refractivity contribution < 1.29 is 18.7 Å². The van der Waals surface area contributed by atoms with Crippen molar-refractivity contribution in [3.63, 3.8) is 0 Å². The molecule has 4 heterocycles. The molecule has 1 N–H and O–H groups in total. The molecule has 1 saturated heterocycles. The minimum Gasteiger partial charge on any atom is -0.497 e. The number of amides is 2. The van der Waals surface area contributed by atoms with Gasteiger partial charge in [0.05, 0.1) is 13.7 Å². The quantitative estimate of drug-likeness (QED) is 0.402. The first kappa shape index (κ1) is 23.2. The number of benzene rings is 1. The van der Waals surface area contributed by atoms with Crippen LogP contribution < -0.4 is 10.1 Å². The third-order valence-corrected chi connectivity index (χ3v) is 7.53. The van der Waals surface area contributed by atoms with Crippen molar-refractivity contribution in [3.05, 3.63) is 76.7 Å². The van der Waals surface area contributed by atoms with Crippen molar-refractivity contribution in [1.29, 1.82) is 0 Å². The fourth-order valence-electron chi connectivity index (χ4n) is 4.67. The molecule has 3 aromatic heterocycles. The maximum atomic E-state index is 13.6. The summed E-state index contributed by atoms with van der Waals surface area (Å²) in [5.74, 6) is 2.32. The smallest absolute Gasteiger partial charge is 0.270 e. The van der Waals surface area contributed by atoms with Crippen molar-refractivity contribution in [3.8, 4) is 5.75 Å². The fourth-order valence-corrected chi connectivity index (χ4v) is 5.56. The van der Waals surface area contributed by atoms with E-state index in [9.17, 15) is 9.59 Å². The van der Waals surface area contributed by atoms with Crippen LogP contribution in [0, 0.1) is 12.8 Å². The first-order chi connectivity index (χ1) is 17.0. The number of furan rings is 1. The van der Waals surface area contributed by atoms with Crippen molar-refractivity contribution in [2.24, 2.45) is 5.92 Å². The van der Waals surface area contributed by atoms with Crippen LogP contribution in [0.15, 0.2) is 58.3 Å². The molecule has 1 fully saturated rings. The third kappa shape index (κ3) is 4.98. The number of hydrogen-bond acceptors (Lipinski definition) is 5. The van der Waals surface area contributed by atoms with Crippen molar-refractivity contribution in [2.75, 3.05) is 20.2 Å². The van der Waals surface area contributed by atoms with Crippen LogP contribution >= 0.6 is 11.3 Å². The molecule has 1 aliphatic rings. The summed E-state index contributed by atoms with van der Waals surface area (Å²) in [6.45, 7) is 3.99. The van der Waals surface area contributed by atoms with Gasteiger partial charge in [-0.15, -0.1) is 11.3 Å². The van der Waals surface area contributed by atoms with Crippen LogP contribution in [0.2, 0.25) is 0 Å². The van der Waals surface area contributed by atoms with E-state index >= 15 is 0 Å². The van der Waals surface area contributed by atoms with Crippen molar-refractivity contribution >= 4 is 33.4 Å². The number of aromatic nitrogens is 1. The Morgan fingerprint density at radius 2 is 1.97 bits per heavy atom. The summed E-state index contributed by atoms with van der Waals surface area (Å²) >= 11 is 1.64. The van der Waals surface area contributed by atoms with E-state index in [1.54, 1.807) is 18.4 Å². The molecule has 0 unspecified atom stereocenters. The lowest BCUT2D eigenvalue weighted by Crippen LogP contribution is -2.43. The van der Waals surface area contributed by atoms with Crippen molar-refractivity contribution in [2.45, 2.75) is 32.9 Å². The van der Waals surface area contributed by atoms with E-state index in [2.05, 4.69) is 21.3 Å². The number of carbonyl (C=O) groups excluding carboxylic acids is 2.